The number of ether oxygens (including phenoxy) is 1. The van der Waals surface area contributed by atoms with Crippen LogP contribution in [0.25, 0.3) is 0 Å². The van der Waals surface area contributed by atoms with E-state index in [0.29, 0.717) is 31.0 Å². The lowest BCUT2D eigenvalue weighted by molar-refractivity contribution is -0.119. The van der Waals surface area contributed by atoms with Gasteiger partial charge in [-0.25, -0.2) is 0 Å². The smallest absolute Gasteiger partial charge is 0.226 e. The molecule has 0 saturated carbocycles. The van der Waals surface area contributed by atoms with Crippen molar-refractivity contribution in [2.75, 3.05) is 23.8 Å². The average Bonchev–Trinajstić information content (AvgIpc) is 3.10. The van der Waals surface area contributed by atoms with Crippen LogP contribution in [0.5, 0.6) is 0 Å². The predicted octanol–water partition coefficient (Wildman–Crippen LogP) is 2.98. The first-order valence-electron chi connectivity index (χ1n) is 8.46. The molecular weight excluding hydrogens is 318 g/mol. The summed E-state index contributed by atoms with van der Waals surface area (Å²) in [5.41, 5.74) is 1.09. The zero-order chi connectivity index (χ0) is 17.7. The van der Waals surface area contributed by atoms with E-state index in [2.05, 4.69) is 15.2 Å². The van der Waals surface area contributed by atoms with Crippen molar-refractivity contribution in [3.63, 3.8) is 0 Å². The zero-order valence-corrected chi connectivity index (χ0v) is 14.3. The number of hydrogen-bond acceptors (Lipinski definition) is 3. The Morgan fingerprint density at radius 2 is 1.72 bits per heavy atom. The summed E-state index contributed by atoms with van der Waals surface area (Å²) >= 11 is 0. The quantitative estimate of drug-likeness (QED) is 0.878. The fraction of sp³-hybridized carbons (Fsp3) is 0.368. The van der Waals surface area contributed by atoms with Crippen LogP contribution in [0.15, 0.2) is 48.8 Å². The van der Waals surface area contributed by atoms with Crippen LogP contribution in [0.4, 0.5) is 11.4 Å². The predicted molar refractivity (Wildman–Crippen MR) is 96.5 cm³/mol. The number of aromatic nitrogens is 1. The highest BCUT2D eigenvalue weighted by atomic mass is 16.5. The van der Waals surface area contributed by atoms with E-state index >= 15 is 0 Å². The minimum Gasteiger partial charge on any atom is -0.381 e. The lowest BCUT2D eigenvalue weighted by Gasteiger charge is -2.38. The fourth-order valence-corrected chi connectivity index (χ4v) is 3.31. The maximum atomic E-state index is 12.7. The Bertz CT molecular complexity index is 734. The van der Waals surface area contributed by atoms with Crippen LogP contribution < -0.4 is 10.6 Å². The van der Waals surface area contributed by atoms with Crippen molar-refractivity contribution in [3.05, 3.63) is 48.8 Å². The van der Waals surface area contributed by atoms with E-state index in [0.717, 1.165) is 12.8 Å². The maximum Gasteiger partial charge on any atom is 0.226 e. The number of carbonyl (C=O) groups is 2. The van der Waals surface area contributed by atoms with Crippen molar-refractivity contribution in [2.45, 2.75) is 31.7 Å². The zero-order valence-electron chi connectivity index (χ0n) is 14.3. The summed E-state index contributed by atoms with van der Waals surface area (Å²) in [5.74, 6) is -0.187. The van der Waals surface area contributed by atoms with Crippen molar-refractivity contribution in [1.29, 1.82) is 0 Å². The summed E-state index contributed by atoms with van der Waals surface area (Å²) < 4.78 is 7.62. The van der Waals surface area contributed by atoms with Crippen LogP contribution >= 0.6 is 0 Å². The lowest BCUT2D eigenvalue weighted by atomic mass is 9.86. The third-order valence-electron chi connectivity index (χ3n) is 4.53. The second kappa shape index (κ2) is 7.53. The second-order valence-corrected chi connectivity index (χ2v) is 6.41. The molecule has 0 atom stereocenters. The molecule has 2 aromatic rings. The molecule has 0 spiro atoms. The van der Waals surface area contributed by atoms with Gasteiger partial charge < -0.3 is 19.9 Å². The highest BCUT2D eigenvalue weighted by molar-refractivity contribution is 5.93. The molecule has 6 nitrogen and oxygen atoms in total. The van der Waals surface area contributed by atoms with Gasteiger partial charge in [0.05, 0.1) is 12.0 Å². The Morgan fingerprint density at radius 3 is 2.36 bits per heavy atom. The van der Waals surface area contributed by atoms with Gasteiger partial charge in [0, 0.05) is 43.9 Å². The van der Waals surface area contributed by atoms with Gasteiger partial charge in [0.1, 0.15) is 0 Å². The minimum atomic E-state index is -0.249. The molecule has 3 rings (SSSR count). The van der Waals surface area contributed by atoms with Gasteiger partial charge in [-0.3, -0.25) is 9.59 Å². The van der Waals surface area contributed by atoms with E-state index < -0.39 is 0 Å². The van der Waals surface area contributed by atoms with Gasteiger partial charge in [-0.15, -0.1) is 0 Å². The molecule has 1 aromatic carbocycles. The molecule has 0 aliphatic carbocycles. The molecule has 0 bridgehead atoms. The van der Waals surface area contributed by atoms with Crippen LogP contribution in [-0.2, 0) is 19.9 Å². The molecular formula is C19H23N3O3. The van der Waals surface area contributed by atoms with Crippen molar-refractivity contribution in [1.82, 2.24) is 4.57 Å². The molecule has 0 unspecified atom stereocenters. The second-order valence-electron chi connectivity index (χ2n) is 6.41. The van der Waals surface area contributed by atoms with Crippen LogP contribution in [0.2, 0.25) is 0 Å². The van der Waals surface area contributed by atoms with Crippen LogP contribution in [0.3, 0.4) is 0 Å². The first-order chi connectivity index (χ1) is 12.1. The number of rotatable bonds is 5. The van der Waals surface area contributed by atoms with Gasteiger partial charge in [0.2, 0.25) is 11.8 Å². The molecule has 1 fully saturated rings. The topological polar surface area (TPSA) is 72.4 Å². The molecule has 2 amide bonds. The summed E-state index contributed by atoms with van der Waals surface area (Å²) in [6.07, 6.45) is 6.02. The Morgan fingerprint density at radius 1 is 1.08 bits per heavy atom. The number of anilines is 2. The molecule has 1 aliphatic heterocycles. The largest absolute Gasteiger partial charge is 0.381 e. The van der Waals surface area contributed by atoms with Crippen molar-refractivity contribution in [3.8, 4) is 0 Å². The fourth-order valence-electron chi connectivity index (χ4n) is 3.31. The third kappa shape index (κ3) is 4.28. The van der Waals surface area contributed by atoms with Gasteiger partial charge in [0.25, 0.3) is 0 Å². The number of benzene rings is 1. The van der Waals surface area contributed by atoms with Gasteiger partial charge in [-0.1, -0.05) is 6.07 Å². The van der Waals surface area contributed by atoms with E-state index in [9.17, 15) is 9.59 Å². The first-order valence-corrected chi connectivity index (χ1v) is 8.46. The van der Waals surface area contributed by atoms with Crippen LogP contribution in [0.1, 0.15) is 26.2 Å². The summed E-state index contributed by atoms with van der Waals surface area (Å²) in [7, 11) is 0. The van der Waals surface area contributed by atoms with Gasteiger partial charge >= 0.3 is 0 Å². The van der Waals surface area contributed by atoms with Crippen molar-refractivity contribution >= 4 is 23.2 Å². The number of carbonyl (C=O) groups excluding carboxylic acids is 2. The lowest BCUT2D eigenvalue weighted by Crippen LogP contribution is -2.42. The summed E-state index contributed by atoms with van der Waals surface area (Å²) in [5, 5.41) is 5.66. The Kier molecular flexibility index (Phi) is 5.19. The van der Waals surface area contributed by atoms with Gasteiger partial charge in [-0.05, 0) is 43.2 Å². The highest BCUT2D eigenvalue weighted by Crippen LogP contribution is 2.33. The number of hydrogen-bond donors (Lipinski definition) is 2. The van der Waals surface area contributed by atoms with E-state index in [-0.39, 0.29) is 17.4 Å². The molecule has 2 N–H and O–H groups in total. The molecule has 1 aliphatic rings. The molecule has 25 heavy (non-hydrogen) atoms. The normalized spacial score (nSPS) is 16.2. The molecule has 2 heterocycles. The third-order valence-corrected chi connectivity index (χ3v) is 4.53. The monoisotopic (exact) mass is 341 g/mol. The molecule has 132 valence electrons. The maximum absolute atomic E-state index is 12.7. The highest BCUT2D eigenvalue weighted by Gasteiger charge is 2.36. The van der Waals surface area contributed by atoms with E-state index in [4.69, 9.17) is 4.74 Å². The molecule has 1 saturated heterocycles. The van der Waals surface area contributed by atoms with E-state index in [1.54, 1.807) is 18.2 Å². The Labute approximate surface area is 147 Å². The molecule has 1 aromatic heterocycles. The Hall–Kier alpha value is -2.60. The minimum absolute atomic E-state index is 0.0458. The van der Waals surface area contributed by atoms with Crippen LogP contribution in [0, 0.1) is 0 Å². The molecule has 0 radical (unpaired) electrons. The summed E-state index contributed by atoms with van der Waals surface area (Å²) in [6, 6.07) is 11.1. The summed E-state index contributed by atoms with van der Waals surface area (Å²) in [4.78, 5) is 23.8. The SMILES string of the molecule is CC(=O)Nc1cccc(NC(=O)CC2(n3cccc3)CCOCC2)c1. The number of nitrogens with zero attached hydrogens (tertiary/aromatic N) is 1. The van der Waals surface area contributed by atoms with Gasteiger partial charge in [-0.2, -0.15) is 0 Å². The number of nitrogens with one attached hydrogen (secondary N) is 2. The van der Waals surface area contributed by atoms with Crippen LogP contribution in [-0.4, -0.2) is 29.6 Å². The standard InChI is InChI=1S/C19H23N3O3/c1-15(23)20-16-5-4-6-17(13-16)21-18(24)14-19(7-11-25-12-8-19)22-9-2-3-10-22/h2-6,9-10,13H,7-8,11-12,14H2,1H3,(H,20,23)(H,21,24). The molecule has 6 heteroatoms. The van der Waals surface area contributed by atoms with E-state index in [1.165, 1.54) is 6.92 Å². The Balaban J connectivity index is 1.71. The summed E-state index contributed by atoms with van der Waals surface area (Å²) in [6.45, 7) is 2.77. The average molecular weight is 341 g/mol. The van der Waals surface area contributed by atoms with E-state index in [1.807, 2.05) is 30.6 Å². The number of amides is 2. The first kappa shape index (κ1) is 17.2. The van der Waals surface area contributed by atoms with Crippen molar-refractivity contribution < 1.29 is 14.3 Å². The van der Waals surface area contributed by atoms with Crippen molar-refractivity contribution in [2.24, 2.45) is 0 Å². The van der Waals surface area contributed by atoms with Gasteiger partial charge in [0.15, 0.2) is 0 Å².